The fourth-order valence-electron chi connectivity index (χ4n) is 17.4. The maximum absolute atomic E-state index is 12.2. The summed E-state index contributed by atoms with van der Waals surface area (Å²) in [5.74, 6) is -1.20. The fourth-order valence-corrected chi connectivity index (χ4v) is 19.9. The number of thiophene rings is 2. The summed E-state index contributed by atoms with van der Waals surface area (Å²) in [5.41, 5.74) is 31.4. The molecule has 0 amide bonds. The highest BCUT2D eigenvalue weighted by Gasteiger charge is 2.55. The van der Waals surface area contributed by atoms with E-state index in [4.69, 9.17) is 0 Å². The van der Waals surface area contributed by atoms with Gasteiger partial charge in [-0.25, -0.2) is 4.79 Å². The number of hydrogen-bond donors (Lipinski definition) is 1. The molecule has 2 spiro atoms. The number of aryl methyl sites for hydroxylation is 2. The lowest BCUT2D eigenvalue weighted by atomic mass is 9.68. The molecule has 4 aliphatic carbocycles. The number of nitriles is 1. The molecule has 2 aromatic heterocycles. The SMILES string of the molecule is CCCCCCc1cc(-c2sc(/C=C(/C#N)C(=O)O)cc2CCCCCC)sc1-c1ccc(N(c2ccc3c(c2)C2(c4ccccc4-3)c3cc(C(C)(C)C)ccc3-c3ccc(C(C)(C)C)cc32)c2ccc3c(c2)C2(c4ccccc4-3)c3cc(C(C)(C)C)ccc3-c3ccc(C(C)(C)C)cc32)cc1. The first-order valence-electron chi connectivity index (χ1n) is 37.4. The zero-order chi connectivity index (χ0) is 71.6. The summed E-state index contributed by atoms with van der Waals surface area (Å²) in [6.45, 7) is 32.7. The first kappa shape index (κ1) is 68.6. The van der Waals surface area contributed by atoms with E-state index in [0.717, 1.165) is 73.3 Å². The molecule has 0 aliphatic heterocycles. The molecule has 514 valence electrons. The Balaban J connectivity index is 0.972. The van der Waals surface area contributed by atoms with Crippen molar-refractivity contribution in [3.8, 4) is 70.8 Å². The van der Waals surface area contributed by atoms with E-state index in [1.165, 1.54) is 155 Å². The summed E-state index contributed by atoms with van der Waals surface area (Å²) in [4.78, 5) is 19.2. The summed E-state index contributed by atoms with van der Waals surface area (Å²) in [6, 6.07) is 78.9. The minimum Gasteiger partial charge on any atom is -0.477 e. The van der Waals surface area contributed by atoms with Gasteiger partial charge >= 0.3 is 5.97 Å². The molecule has 9 aromatic carbocycles. The molecule has 15 rings (SSSR count). The number of carboxylic acids is 1. The van der Waals surface area contributed by atoms with Gasteiger partial charge in [0.1, 0.15) is 11.6 Å². The Labute approximate surface area is 614 Å². The standard InChI is InChI=1S/C96H96N2O2S2/c1-15-17-19-21-27-60-49-70(50-62(58-97)90(99)100)101-89(60)87-51-61(28-22-20-18-16-2)88(102-87)59-33-39-67(40-34-59)98(68-41-47-77-71-29-23-25-31-79(71)95(85(77)56-68)81-52-63(91(3,4)5)35-43-73(81)74-44-36-64(53-82(74)95)92(6,7)8)69-42-48-78-72-30-24-26-32-80(72)96(86(78)57-69)83-54-65(93(9,10)11)37-45-75(83)76-46-38-66(55-84(76)96)94(12,13)14/h23-26,29-57H,15-22,27-28H2,1-14H3,(H,99,100)/b62-50-. The molecule has 4 aliphatic rings. The van der Waals surface area contributed by atoms with Gasteiger partial charge < -0.3 is 10.0 Å². The van der Waals surface area contributed by atoms with Crippen LogP contribution in [0.1, 0.15) is 231 Å². The predicted octanol–water partition coefficient (Wildman–Crippen LogP) is 26.7. The maximum atomic E-state index is 12.2. The van der Waals surface area contributed by atoms with Crippen LogP contribution in [0.3, 0.4) is 0 Å². The monoisotopic (exact) mass is 1370 g/mol. The van der Waals surface area contributed by atoms with Gasteiger partial charge in [0.2, 0.25) is 0 Å². The lowest BCUT2D eigenvalue weighted by molar-refractivity contribution is -0.132. The van der Waals surface area contributed by atoms with Crippen LogP contribution in [-0.2, 0) is 50.1 Å². The van der Waals surface area contributed by atoms with Crippen molar-refractivity contribution >= 4 is 51.8 Å². The average Bonchev–Trinajstić information content (AvgIpc) is 1.51. The van der Waals surface area contributed by atoms with Crippen molar-refractivity contribution in [2.75, 3.05) is 4.90 Å². The van der Waals surface area contributed by atoms with Crippen LogP contribution in [0.2, 0.25) is 0 Å². The second-order valence-electron chi connectivity index (χ2n) is 33.5. The van der Waals surface area contributed by atoms with Crippen molar-refractivity contribution in [3.63, 3.8) is 0 Å². The van der Waals surface area contributed by atoms with E-state index >= 15 is 0 Å². The highest BCUT2D eigenvalue weighted by atomic mass is 32.1. The van der Waals surface area contributed by atoms with Crippen molar-refractivity contribution in [2.45, 2.75) is 194 Å². The van der Waals surface area contributed by atoms with E-state index in [-0.39, 0.29) is 27.2 Å². The number of unbranched alkanes of at least 4 members (excludes halogenated alkanes) is 6. The van der Waals surface area contributed by atoms with Gasteiger partial charge in [-0.2, -0.15) is 5.26 Å². The fraction of sp³-hybridized carbons (Fsp3) is 0.312. The number of benzene rings is 9. The van der Waals surface area contributed by atoms with Crippen LogP contribution < -0.4 is 4.90 Å². The molecule has 1 N–H and O–H groups in total. The third-order valence-electron chi connectivity index (χ3n) is 22.8. The summed E-state index contributed by atoms with van der Waals surface area (Å²) < 4.78 is 0. The molecule has 0 radical (unpaired) electrons. The normalized spacial score (nSPS) is 14.3. The van der Waals surface area contributed by atoms with Gasteiger partial charge in [-0.1, -0.05) is 281 Å². The van der Waals surface area contributed by atoms with Gasteiger partial charge in [0.05, 0.1) is 10.8 Å². The highest BCUT2D eigenvalue weighted by Crippen LogP contribution is 2.67. The topological polar surface area (TPSA) is 64.3 Å². The van der Waals surface area contributed by atoms with Crippen molar-refractivity contribution in [3.05, 3.63) is 282 Å². The molecular weight excluding hydrogens is 1280 g/mol. The Bertz CT molecular complexity index is 4880. The zero-order valence-electron chi connectivity index (χ0n) is 62.2. The van der Waals surface area contributed by atoms with Gasteiger partial charge in [0, 0.05) is 36.6 Å². The van der Waals surface area contributed by atoms with Crippen LogP contribution >= 0.6 is 22.7 Å². The van der Waals surface area contributed by atoms with Crippen molar-refractivity contribution < 1.29 is 9.90 Å². The number of rotatable bonds is 17. The third-order valence-corrected chi connectivity index (χ3v) is 25.3. The number of aliphatic carboxylic acids is 1. The Morgan fingerprint density at radius 3 is 1.16 bits per heavy atom. The minimum absolute atomic E-state index is 0.0876. The number of fused-ring (bicyclic) bond motifs is 20. The van der Waals surface area contributed by atoms with Crippen LogP contribution in [0.25, 0.3) is 70.8 Å². The lowest BCUT2D eigenvalue weighted by Crippen LogP contribution is -2.28. The number of hydrogen-bond acceptors (Lipinski definition) is 5. The molecular formula is C96H96N2O2S2. The van der Waals surface area contributed by atoms with Gasteiger partial charge in [-0.3, -0.25) is 0 Å². The molecule has 0 saturated heterocycles. The number of carboxylic acid groups (broad SMARTS) is 1. The van der Waals surface area contributed by atoms with E-state index < -0.39 is 16.8 Å². The molecule has 0 bridgehead atoms. The van der Waals surface area contributed by atoms with E-state index in [1.54, 1.807) is 17.4 Å². The smallest absolute Gasteiger partial charge is 0.346 e. The average molecular weight is 1370 g/mol. The quantitative estimate of drug-likeness (QED) is 0.0561. The van der Waals surface area contributed by atoms with E-state index in [1.807, 2.05) is 17.4 Å². The summed E-state index contributed by atoms with van der Waals surface area (Å²) in [5, 5.41) is 19.9. The predicted molar refractivity (Wildman–Crippen MR) is 432 cm³/mol. The Morgan fingerprint density at radius 2 is 0.775 bits per heavy atom. The molecule has 4 nitrogen and oxygen atoms in total. The summed E-state index contributed by atoms with van der Waals surface area (Å²) in [7, 11) is 0. The largest absolute Gasteiger partial charge is 0.477 e. The Morgan fingerprint density at radius 1 is 0.412 bits per heavy atom. The second kappa shape index (κ2) is 25.7. The van der Waals surface area contributed by atoms with Gasteiger partial charge in [-0.05, 0) is 230 Å². The summed E-state index contributed by atoms with van der Waals surface area (Å²) in [6.07, 6.45) is 12.5. The summed E-state index contributed by atoms with van der Waals surface area (Å²) >= 11 is 3.47. The molecule has 11 aromatic rings. The van der Waals surface area contributed by atoms with E-state index in [0.29, 0.717) is 0 Å². The van der Waals surface area contributed by atoms with Gasteiger partial charge in [-0.15, -0.1) is 22.7 Å². The van der Waals surface area contributed by atoms with Crippen LogP contribution in [0, 0.1) is 11.3 Å². The molecule has 0 saturated carbocycles. The highest BCUT2D eigenvalue weighted by molar-refractivity contribution is 7.24. The molecule has 0 fully saturated rings. The number of carbonyl (C=O) groups is 1. The van der Waals surface area contributed by atoms with Crippen molar-refractivity contribution in [2.24, 2.45) is 0 Å². The van der Waals surface area contributed by atoms with Crippen LogP contribution in [-0.4, -0.2) is 11.1 Å². The maximum Gasteiger partial charge on any atom is 0.346 e. The number of anilines is 3. The molecule has 0 atom stereocenters. The molecule has 6 heteroatoms. The van der Waals surface area contributed by atoms with Crippen LogP contribution in [0.4, 0.5) is 17.1 Å². The van der Waals surface area contributed by atoms with E-state index in [2.05, 4.69) is 296 Å². The Hall–Kier alpha value is -9.12. The second-order valence-corrected chi connectivity index (χ2v) is 35.7. The van der Waals surface area contributed by atoms with Crippen molar-refractivity contribution in [1.29, 1.82) is 5.26 Å². The third kappa shape index (κ3) is 11.3. The molecule has 0 unspecified atom stereocenters. The van der Waals surface area contributed by atoms with Gasteiger partial charge in [0.15, 0.2) is 0 Å². The van der Waals surface area contributed by atoms with Crippen LogP contribution in [0.5, 0.6) is 0 Å². The first-order valence-corrected chi connectivity index (χ1v) is 39.0. The Kier molecular flexibility index (Phi) is 17.3. The lowest BCUT2D eigenvalue weighted by Gasteiger charge is -2.35. The number of nitrogens with zero attached hydrogens (tertiary/aromatic N) is 2. The van der Waals surface area contributed by atoms with Gasteiger partial charge in [0.25, 0.3) is 0 Å². The van der Waals surface area contributed by atoms with Crippen LogP contribution in [0.15, 0.2) is 200 Å². The first-order chi connectivity index (χ1) is 48.8. The molecule has 102 heavy (non-hydrogen) atoms. The van der Waals surface area contributed by atoms with Crippen molar-refractivity contribution in [1.82, 2.24) is 0 Å². The molecule has 2 heterocycles. The van der Waals surface area contributed by atoms with E-state index in [9.17, 15) is 15.2 Å². The minimum atomic E-state index is -1.20. The zero-order valence-corrected chi connectivity index (χ0v) is 63.8.